The maximum atomic E-state index is 12.0. The van der Waals surface area contributed by atoms with Crippen molar-refractivity contribution in [2.75, 3.05) is 13.2 Å². The molecule has 0 amide bonds. The van der Waals surface area contributed by atoms with Crippen LogP contribution in [0, 0.1) is 35.5 Å². The molecule has 2 N–H and O–H groups in total. The number of benzene rings is 4. The molecule has 4 aromatic rings. The van der Waals surface area contributed by atoms with Gasteiger partial charge in [0.2, 0.25) is 0 Å². The summed E-state index contributed by atoms with van der Waals surface area (Å²) in [6.45, 7) is 3.92. The standard InChI is InChI=1S/C36H26O6/c1-3-41-35(39)31-19-29(21-33(37)23-31)17-15-27-11-7-25(8-12-27)5-6-26-9-13-28(14-10-26)16-18-30-20-32(24-34(38)22-30)36(40)42-4-2/h7-14,19-24,37-38H,3-4H2,1-2H3. The van der Waals surface area contributed by atoms with Crippen molar-refractivity contribution in [3.8, 4) is 47.0 Å². The number of ether oxygens (including phenoxy) is 2. The molecule has 4 aromatic carbocycles. The minimum atomic E-state index is -0.513. The Morgan fingerprint density at radius 2 is 0.786 bits per heavy atom. The van der Waals surface area contributed by atoms with E-state index in [9.17, 15) is 19.8 Å². The maximum absolute atomic E-state index is 12.0. The molecule has 6 heteroatoms. The van der Waals surface area contributed by atoms with Crippen LogP contribution in [0.25, 0.3) is 0 Å². The third-order valence-electron chi connectivity index (χ3n) is 5.68. The third-order valence-corrected chi connectivity index (χ3v) is 5.68. The van der Waals surface area contributed by atoms with Gasteiger partial charge in [0.15, 0.2) is 0 Å². The molecule has 6 nitrogen and oxygen atoms in total. The van der Waals surface area contributed by atoms with Crippen molar-refractivity contribution in [3.63, 3.8) is 0 Å². The lowest BCUT2D eigenvalue weighted by molar-refractivity contribution is 0.0516. The summed E-state index contributed by atoms with van der Waals surface area (Å²) in [4.78, 5) is 23.9. The molecule has 0 saturated carbocycles. The van der Waals surface area contributed by atoms with Crippen LogP contribution in [-0.4, -0.2) is 35.4 Å². The second kappa shape index (κ2) is 13.9. The highest BCUT2D eigenvalue weighted by Gasteiger charge is 2.09. The first-order chi connectivity index (χ1) is 20.3. The maximum Gasteiger partial charge on any atom is 0.338 e. The van der Waals surface area contributed by atoms with Gasteiger partial charge in [0, 0.05) is 33.4 Å². The third kappa shape index (κ3) is 8.30. The van der Waals surface area contributed by atoms with Gasteiger partial charge >= 0.3 is 11.9 Å². The van der Waals surface area contributed by atoms with Gasteiger partial charge in [0.25, 0.3) is 0 Å². The van der Waals surface area contributed by atoms with Crippen LogP contribution in [0.1, 0.15) is 67.9 Å². The van der Waals surface area contributed by atoms with E-state index in [4.69, 9.17) is 9.47 Å². The number of carbonyl (C=O) groups is 2. The fourth-order valence-corrected chi connectivity index (χ4v) is 3.74. The summed E-state index contributed by atoms with van der Waals surface area (Å²) in [6.07, 6.45) is 0. The van der Waals surface area contributed by atoms with Crippen molar-refractivity contribution < 1.29 is 29.3 Å². The highest BCUT2D eigenvalue weighted by molar-refractivity contribution is 5.91. The fraction of sp³-hybridized carbons (Fsp3) is 0.111. The van der Waals surface area contributed by atoms with Gasteiger partial charge in [-0.2, -0.15) is 0 Å². The minimum absolute atomic E-state index is 0.0586. The number of esters is 2. The van der Waals surface area contributed by atoms with E-state index < -0.39 is 11.9 Å². The van der Waals surface area contributed by atoms with Crippen LogP contribution >= 0.6 is 0 Å². The van der Waals surface area contributed by atoms with Crippen molar-refractivity contribution in [1.82, 2.24) is 0 Å². The molecule has 4 rings (SSSR count). The normalized spacial score (nSPS) is 9.67. The van der Waals surface area contributed by atoms with E-state index in [1.54, 1.807) is 26.0 Å². The number of rotatable bonds is 4. The molecule has 0 bridgehead atoms. The monoisotopic (exact) mass is 554 g/mol. The SMILES string of the molecule is CCOC(=O)c1cc(O)cc(C#Cc2ccc(C#Cc3ccc(C#Cc4cc(O)cc(C(=O)OCC)c4)cc3)cc2)c1. The smallest absolute Gasteiger partial charge is 0.338 e. The Balaban J connectivity index is 1.41. The van der Waals surface area contributed by atoms with Gasteiger partial charge in [-0.1, -0.05) is 35.5 Å². The van der Waals surface area contributed by atoms with Crippen LogP contribution in [0.4, 0.5) is 0 Å². The molecule has 206 valence electrons. The molecule has 0 fully saturated rings. The number of phenols is 2. The minimum Gasteiger partial charge on any atom is -0.508 e. The van der Waals surface area contributed by atoms with E-state index in [0.29, 0.717) is 11.1 Å². The van der Waals surface area contributed by atoms with Gasteiger partial charge in [-0.3, -0.25) is 0 Å². The first-order valence-corrected chi connectivity index (χ1v) is 13.1. The average Bonchev–Trinajstić information content (AvgIpc) is 2.98. The molecule has 0 aliphatic heterocycles. The van der Waals surface area contributed by atoms with Gasteiger partial charge in [0.1, 0.15) is 11.5 Å². The van der Waals surface area contributed by atoms with E-state index in [1.165, 1.54) is 24.3 Å². The highest BCUT2D eigenvalue weighted by Crippen LogP contribution is 2.17. The average molecular weight is 555 g/mol. The lowest BCUT2D eigenvalue weighted by atomic mass is 10.1. The second-order valence-corrected chi connectivity index (χ2v) is 8.88. The number of hydrogen-bond acceptors (Lipinski definition) is 6. The van der Waals surface area contributed by atoms with Crippen molar-refractivity contribution in [3.05, 3.63) is 129 Å². The van der Waals surface area contributed by atoms with Gasteiger partial charge in [-0.05, 0) is 98.8 Å². The molecular weight excluding hydrogens is 528 g/mol. The summed E-state index contributed by atoms with van der Waals surface area (Å²) < 4.78 is 9.97. The lowest BCUT2D eigenvalue weighted by Gasteiger charge is -2.03. The van der Waals surface area contributed by atoms with Gasteiger partial charge < -0.3 is 19.7 Å². The fourth-order valence-electron chi connectivity index (χ4n) is 3.74. The second-order valence-electron chi connectivity index (χ2n) is 8.88. The number of carbonyl (C=O) groups excluding carboxylic acids is 2. The molecule has 0 aliphatic rings. The molecule has 0 heterocycles. The molecule has 0 atom stereocenters. The van der Waals surface area contributed by atoms with E-state index >= 15 is 0 Å². The quantitative estimate of drug-likeness (QED) is 0.250. The van der Waals surface area contributed by atoms with Crippen LogP contribution in [0.15, 0.2) is 84.9 Å². The van der Waals surface area contributed by atoms with Gasteiger partial charge in [-0.15, -0.1) is 0 Å². The van der Waals surface area contributed by atoms with Gasteiger partial charge in [0.05, 0.1) is 24.3 Å². The van der Waals surface area contributed by atoms with Crippen molar-refractivity contribution in [2.45, 2.75) is 13.8 Å². The summed E-state index contributed by atoms with van der Waals surface area (Å²) in [5, 5.41) is 19.8. The van der Waals surface area contributed by atoms with E-state index in [0.717, 1.165) is 22.3 Å². The number of hydrogen-bond donors (Lipinski definition) is 2. The molecule has 0 aromatic heterocycles. The first-order valence-electron chi connectivity index (χ1n) is 13.1. The van der Waals surface area contributed by atoms with Crippen LogP contribution in [-0.2, 0) is 9.47 Å². The zero-order valence-corrected chi connectivity index (χ0v) is 23.0. The van der Waals surface area contributed by atoms with E-state index in [-0.39, 0.29) is 35.8 Å². The van der Waals surface area contributed by atoms with Crippen molar-refractivity contribution >= 4 is 11.9 Å². The van der Waals surface area contributed by atoms with E-state index in [2.05, 4.69) is 35.5 Å². The van der Waals surface area contributed by atoms with Crippen molar-refractivity contribution in [2.24, 2.45) is 0 Å². The van der Waals surface area contributed by atoms with Crippen LogP contribution in [0.5, 0.6) is 11.5 Å². The molecule has 0 aliphatic carbocycles. The predicted molar refractivity (Wildman–Crippen MR) is 159 cm³/mol. The first kappa shape index (κ1) is 29.1. The molecule has 0 unspecified atom stereocenters. The van der Waals surface area contributed by atoms with Crippen molar-refractivity contribution in [1.29, 1.82) is 0 Å². The Bertz CT molecular complexity index is 1670. The Morgan fingerprint density at radius 3 is 1.07 bits per heavy atom. The summed E-state index contributed by atoms with van der Waals surface area (Å²) in [5.74, 6) is 17.1. The number of aromatic hydroxyl groups is 2. The summed E-state index contributed by atoms with van der Waals surface area (Å²) in [5.41, 5.74) is 4.62. The summed E-state index contributed by atoms with van der Waals surface area (Å²) in [7, 11) is 0. The molecule has 0 spiro atoms. The largest absolute Gasteiger partial charge is 0.508 e. The van der Waals surface area contributed by atoms with Crippen LogP contribution in [0.3, 0.4) is 0 Å². The van der Waals surface area contributed by atoms with Gasteiger partial charge in [-0.25, -0.2) is 9.59 Å². The zero-order chi connectivity index (χ0) is 29.9. The zero-order valence-electron chi connectivity index (χ0n) is 23.0. The predicted octanol–water partition coefficient (Wildman–Crippen LogP) is 5.65. The number of phenolic OH excluding ortho intramolecular Hbond substituents is 2. The Kier molecular flexibility index (Phi) is 9.66. The topological polar surface area (TPSA) is 93.1 Å². The Hall–Kier alpha value is -5.90. The van der Waals surface area contributed by atoms with Crippen LogP contribution < -0.4 is 0 Å². The van der Waals surface area contributed by atoms with E-state index in [1.807, 2.05) is 48.5 Å². The summed E-state index contributed by atoms with van der Waals surface area (Å²) >= 11 is 0. The summed E-state index contributed by atoms with van der Waals surface area (Å²) in [6, 6.07) is 23.7. The Labute approximate surface area is 244 Å². The van der Waals surface area contributed by atoms with Crippen LogP contribution in [0.2, 0.25) is 0 Å². The molecule has 42 heavy (non-hydrogen) atoms. The Morgan fingerprint density at radius 1 is 0.500 bits per heavy atom. The lowest BCUT2D eigenvalue weighted by Crippen LogP contribution is -2.04. The molecular formula is C36H26O6. The highest BCUT2D eigenvalue weighted by atomic mass is 16.5. The molecule has 0 radical (unpaired) electrons. The molecule has 0 saturated heterocycles.